The Morgan fingerprint density at radius 2 is 2.05 bits per heavy atom. The minimum atomic E-state index is -0.213. The van der Waals surface area contributed by atoms with Gasteiger partial charge < -0.3 is 15.8 Å². The van der Waals surface area contributed by atoms with Gasteiger partial charge in [-0.2, -0.15) is 0 Å². The molecule has 0 aliphatic rings. The molecule has 0 saturated heterocycles. The van der Waals surface area contributed by atoms with E-state index in [9.17, 15) is 4.79 Å². The number of carbonyl (C=O) groups is 1. The topological polar surface area (TPSA) is 90.1 Å². The highest BCUT2D eigenvalue weighted by atomic mass is 35.5. The molecule has 6 nitrogen and oxygen atoms in total. The Morgan fingerprint density at radius 1 is 1.30 bits per heavy atom. The molecule has 0 aliphatic heterocycles. The number of hydrogen-bond acceptors (Lipinski definition) is 5. The van der Waals surface area contributed by atoms with Crippen molar-refractivity contribution in [3.63, 3.8) is 0 Å². The normalized spacial score (nSPS) is 10.1. The van der Waals surface area contributed by atoms with Gasteiger partial charge in [0.2, 0.25) is 5.91 Å². The molecule has 20 heavy (non-hydrogen) atoms. The van der Waals surface area contributed by atoms with E-state index in [2.05, 4.69) is 15.3 Å². The number of amides is 1. The Kier molecular flexibility index (Phi) is 4.73. The van der Waals surface area contributed by atoms with Crippen LogP contribution in [0.15, 0.2) is 36.7 Å². The summed E-state index contributed by atoms with van der Waals surface area (Å²) in [6.45, 7) is 0.258. The van der Waals surface area contributed by atoms with Gasteiger partial charge in [-0.05, 0) is 24.3 Å². The van der Waals surface area contributed by atoms with E-state index in [4.69, 9.17) is 22.1 Å². The van der Waals surface area contributed by atoms with Crippen LogP contribution in [-0.2, 0) is 4.79 Å². The molecule has 1 heterocycles. The quantitative estimate of drug-likeness (QED) is 0.651. The Labute approximate surface area is 120 Å². The zero-order valence-electron chi connectivity index (χ0n) is 10.5. The smallest absolute Gasteiger partial charge is 0.228 e. The number of halogens is 1. The van der Waals surface area contributed by atoms with Crippen molar-refractivity contribution in [3.8, 4) is 5.75 Å². The molecule has 3 N–H and O–H groups in total. The molecule has 7 heteroatoms. The van der Waals surface area contributed by atoms with Crippen LogP contribution < -0.4 is 15.8 Å². The Morgan fingerprint density at radius 3 is 2.75 bits per heavy atom. The Bertz CT molecular complexity index is 589. The number of benzene rings is 1. The molecule has 0 atom stereocenters. The first kappa shape index (κ1) is 14.1. The maximum Gasteiger partial charge on any atom is 0.228 e. The number of nitrogen functional groups attached to an aromatic ring is 1. The first-order chi connectivity index (χ1) is 9.63. The third-order valence-electron chi connectivity index (χ3n) is 2.38. The van der Waals surface area contributed by atoms with Crippen molar-refractivity contribution in [2.45, 2.75) is 6.42 Å². The van der Waals surface area contributed by atoms with Crippen LogP contribution in [0.25, 0.3) is 0 Å². The van der Waals surface area contributed by atoms with Crippen molar-refractivity contribution in [2.75, 3.05) is 17.7 Å². The molecule has 1 aromatic carbocycles. The first-order valence-corrected chi connectivity index (χ1v) is 6.27. The number of carbonyl (C=O) groups excluding carboxylic acids is 1. The highest BCUT2D eigenvalue weighted by Gasteiger charge is 2.04. The van der Waals surface area contributed by atoms with E-state index in [1.54, 1.807) is 24.3 Å². The molecule has 0 radical (unpaired) electrons. The van der Waals surface area contributed by atoms with Crippen LogP contribution in [-0.4, -0.2) is 22.5 Å². The van der Waals surface area contributed by atoms with Gasteiger partial charge in [-0.3, -0.25) is 4.79 Å². The van der Waals surface area contributed by atoms with Crippen molar-refractivity contribution in [3.05, 3.63) is 41.8 Å². The molecule has 0 saturated carbocycles. The summed E-state index contributed by atoms with van der Waals surface area (Å²) in [6.07, 6.45) is 1.48. The predicted molar refractivity (Wildman–Crippen MR) is 76.6 cm³/mol. The fourth-order valence-corrected chi connectivity index (χ4v) is 1.58. The van der Waals surface area contributed by atoms with Crippen LogP contribution in [0.3, 0.4) is 0 Å². The number of hydrogen-bond donors (Lipinski definition) is 2. The standard InChI is InChI=1S/C13H13ClN4O2/c14-11-7-12(17-8-16-11)18-13(19)5-6-20-10-3-1-9(15)2-4-10/h1-4,7-8H,5-6,15H2,(H,16,17,18,19). The van der Waals surface area contributed by atoms with Crippen LogP contribution in [0, 0.1) is 0 Å². The van der Waals surface area contributed by atoms with Gasteiger partial charge >= 0.3 is 0 Å². The summed E-state index contributed by atoms with van der Waals surface area (Å²) in [5, 5.41) is 2.88. The Balaban J connectivity index is 1.76. The van der Waals surface area contributed by atoms with Gasteiger partial charge in [-0.25, -0.2) is 9.97 Å². The lowest BCUT2D eigenvalue weighted by atomic mass is 10.3. The number of nitrogens with zero attached hydrogens (tertiary/aromatic N) is 2. The number of ether oxygens (including phenoxy) is 1. The average Bonchev–Trinajstić information content (AvgIpc) is 2.41. The molecule has 0 bridgehead atoms. The van der Waals surface area contributed by atoms with Crippen molar-refractivity contribution in [1.29, 1.82) is 0 Å². The van der Waals surface area contributed by atoms with Crippen molar-refractivity contribution >= 4 is 29.0 Å². The summed E-state index contributed by atoms with van der Waals surface area (Å²) in [5.74, 6) is 0.815. The van der Waals surface area contributed by atoms with Crippen LogP contribution in [0.4, 0.5) is 11.5 Å². The van der Waals surface area contributed by atoms with Crippen LogP contribution in [0.2, 0.25) is 5.15 Å². The summed E-state index contributed by atoms with van der Waals surface area (Å²) >= 11 is 5.69. The van der Waals surface area contributed by atoms with Gasteiger partial charge in [0, 0.05) is 11.8 Å². The lowest BCUT2D eigenvalue weighted by Crippen LogP contribution is -2.16. The second kappa shape index (κ2) is 6.72. The molecule has 0 fully saturated rings. The number of nitrogens with one attached hydrogen (secondary N) is 1. The summed E-state index contributed by atoms with van der Waals surface area (Å²) in [5.41, 5.74) is 6.22. The minimum absolute atomic E-state index is 0.200. The SMILES string of the molecule is Nc1ccc(OCCC(=O)Nc2cc(Cl)ncn2)cc1. The molecule has 1 amide bonds. The van der Waals surface area contributed by atoms with Crippen LogP contribution in [0.5, 0.6) is 5.75 Å². The maximum absolute atomic E-state index is 11.7. The number of aromatic nitrogens is 2. The van der Waals surface area contributed by atoms with E-state index < -0.39 is 0 Å². The average molecular weight is 293 g/mol. The van der Waals surface area contributed by atoms with Gasteiger partial charge in [0.25, 0.3) is 0 Å². The summed E-state index contributed by atoms with van der Waals surface area (Å²) in [4.78, 5) is 19.3. The van der Waals surface area contributed by atoms with E-state index >= 15 is 0 Å². The van der Waals surface area contributed by atoms with Crippen molar-refractivity contribution in [1.82, 2.24) is 9.97 Å². The van der Waals surface area contributed by atoms with Gasteiger partial charge in [-0.15, -0.1) is 0 Å². The van der Waals surface area contributed by atoms with E-state index in [1.165, 1.54) is 12.4 Å². The lowest BCUT2D eigenvalue weighted by Gasteiger charge is -2.07. The molecular weight excluding hydrogens is 280 g/mol. The van der Waals surface area contributed by atoms with E-state index in [1.807, 2.05) is 0 Å². The van der Waals surface area contributed by atoms with Crippen molar-refractivity contribution < 1.29 is 9.53 Å². The summed E-state index contributed by atoms with van der Waals surface area (Å²) < 4.78 is 5.42. The fraction of sp³-hybridized carbons (Fsp3) is 0.154. The minimum Gasteiger partial charge on any atom is -0.493 e. The largest absolute Gasteiger partial charge is 0.493 e. The lowest BCUT2D eigenvalue weighted by molar-refractivity contribution is -0.116. The van der Waals surface area contributed by atoms with Crippen LogP contribution >= 0.6 is 11.6 Å². The van der Waals surface area contributed by atoms with Crippen LogP contribution in [0.1, 0.15) is 6.42 Å². The van der Waals surface area contributed by atoms with E-state index in [-0.39, 0.29) is 24.1 Å². The monoisotopic (exact) mass is 292 g/mol. The number of rotatable bonds is 5. The summed E-state index contributed by atoms with van der Waals surface area (Å²) in [7, 11) is 0. The van der Waals surface area contributed by atoms with Gasteiger partial charge in [0.15, 0.2) is 0 Å². The molecule has 1 aromatic heterocycles. The van der Waals surface area contributed by atoms with Gasteiger partial charge in [0.05, 0.1) is 13.0 Å². The van der Waals surface area contributed by atoms with Gasteiger partial charge in [0.1, 0.15) is 23.0 Å². The zero-order chi connectivity index (χ0) is 14.4. The second-order valence-electron chi connectivity index (χ2n) is 3.94. The van der Waals surface area contributed by atoms with E-state index in [0.29, 0.717) is 17.3 Å². The molecule has 104 valence electrons. The predicted octanol–water partition coefficient (Wildman–Crippen LogP) is 2.12. The van der Waals surface area contributed by atoms with Crippen molar-refractivity contribution in [2.24, 2.45) is 0 Å². The molecule has 2 aromatic rings. The van der Waals surface area contributed by atoms with E-state index in [0.717, 1.165) is 0 Å². The fourth-order valence-electron chi connectivity index (χ4n) is 1.43. The zero-order valence-corrected chi connectivity index (χ0v) is 11.3. The molecule has 2 rings (SSSR count). The van der Waals surface area contributed by atoms with Gasteiger partial charge in [-0.1, -0.05) is 11.6 Å². The maximum atomic E-state index is 11.7. The highest BCUT2D eigenvalue weighted by Crippen LogP contribution is 2.13. The number of anilines is 2. The number of nitrogens with two attached hydrogens (primary N) is 1. The third kappa shape index (κ3) is 4.40. The highest BCUT2D eigenvalue weighted by molar-refractivity contribution is 6.29. The molecule has 0 unspecified atom stereocenters. The molecular formula is C13H13ClN4O2. The second-order valence-corrected chi connectivity index (χ2v) is 4.33. The molecule has 0 spiro atoms. The third-order valence-corrected chi connectivity index (χ3v) is 2.59. The summed E-state index contributed by atoms with van der Waals surface area (Å²) in [6, 6.07) is 8.44. The Hall–Kier alpha value is -2.34. The first-order valence-electron chi connectivity index (χ1n) is 5.89. The molecule has 0 aliphatic carbocycles.